The molecular formula is C10H7N2O2-. The van der Waals surface area contributed by atoms with Gasteiger partial charge in [0.2, 0.25) is 0 Å². The van der Waals surface area contributed by atoms with Crippen LogP contribution in [0.3, 0.4) is 0 Å². The molecule has 14 heavy (non-hydrogen) atoms. The maximum atomic E-state index is 10.3. The number of hydrogen-bond acceptors (Lipinski definition) is 2. The van der Waals surface area contributed by atoms with Crippen molar-refractivity contribution in [2.24, 2.45) is 0 Å². The molecule has 0 bridgehead atoms. The minimum absolute atomic E-state index is 0.396. The topological polar surface area (TPSA) is 57.2 Å². The Balaban J connectivity index is 2.59. The average Bonchev–Trinajstić information content (AvgIpc) is 2.18. The molecule has 2 aromatic rings. The van der Waals surface area contributed by atoms with Gasteiger partial charge in [-0.25, -0.2) is 0 Å². The summed E-state index contributed by atoms with van der Waals surface area (Å²) in [6, 6.07) is 12.7. The molecule has 0 saturated heterocycles. The van der Waals surface area contributed by atoms with Gasteiger partial charge in [0.25, 0.3) is 0 Å². The summed E-state index contributed by atoms with van der Waals surface area (Å²) in [5.74, 6) is 0. The van der Waals surface area contributed by atoms with Gasteiger partial charge in [-0.15, -0.1) is 0 Å². The predicted octanol–water partition coefficient (Wildman–Crippen LogP) is 3.04. The Bertz CT molecular complexity index is 477. The first-order valence-electron chi connectivity index (χ1n) is 4.11. The Hall–Kier alpha value is -2.10. The van der Waals surface area contributed by atoms with Crippen molar-refractivity contribution >= 4 is 16.5 Å². The fourth-order valence-corrected chi connectivity index (χ4v) is 1.38. The molecule has 0 spiro atoms. The third kappa shape index (κ3) is 1.50. The maximum absolute atomic E-state index is 10.3. The highest BCUT2D eigenvalue weighted by molar-refractivity contribution is 5.94. The molecule has 0 amide bonds. The molecule has 0 unspecified atom stereocenters. The Kier molecular flexibility index (Phi) is 2.02. The van der Waals surface area contributed by atoms with Gasteiger partial charge in [0, 0.05) is 0 Å². The second kappa shape index (κ2) is 3.33. The summed E-state index contributed by atoms with van der Waals surface area (Å²) in [6.07, 6.45) is 0. The van der Waals surface area contributed by atoms with Gasteiger partial charge in [-0.05, 0) is 15.8 Å². The largest absolute Gasteiger partial charge is 0.348 e. The standard InChI is InChI=1S/C10H7N2O2/c13-12(14)11-10-7-3-5-8-4-1-2-6-9(8)10/h1-7H/q-1. The van der Waals surface area contributed by atoms with Crippen LogP contribution in [0.1, 0.15) is 0 Å². The van der Waals surface area contributed by atoms with Gasteiger partial charge >= 0.3 is 0 Å². The zero-order chi connectivity index (χ0) is 9.97. The van der Waals surface area contributed by atoms with Gasteiger partial charge in [-0.2, -0.15) is 0 Å². The third-order valence-corrected chi connectivity index (χ3v) is 1.96. The van der Waals surface area contributed by atoms with Crippen LogP contribution in [0, 0.1) is 10.1 Å². The van der Waals surface area contributed by atoms with Crippen molar-refractivity contribution in [1.29, 1.82) is 0 Å². The molecule has 0 saturated carbocycles. The fourth-order valence-electron chi connectivity index (χ4n) is 1.38. The minimum atomic E-state index is -0.679. The lowest BCUT2D eigenvalue weighted by Gasteiger charge is -2.12. The monoisotopic (exact) mass is 187 g/mol. The highest BCUT2D eigenvalue weighted by Crippen LogP contribution is 2.28. The lowest BCUT2D eigenvalue weighted by molar-refractivity contribution is -0.418. The van der Waals surface area contributed by atoms with Crippen molar-refractivity contribution in [3.63, 3.8) is 0 Å². The van der Waals surface area contributed by atoms with Crippen LogP contribution < -0.4 is 0 Å². The van der Waals surface area contributed by atoms with E-state index in [1.165, 1.54) is 0 Å². The first-order valence-corrected chi connectivity index (χ1v) is 4.11. The number of rotatable bonds is 2. The van der Waals surface area contributed by atoms with Gasteiger partial charge in [-0.1, -0.05) is 48.2 Å². The second-order valence-electron chi connectivity index (χ2n) is 2.84. The maximum Gasteiger partial charge on any atom is -0.00887 e. The summed E-state index contributed by atoms with van der Waals surface area (Å²) in [7, 11) is 0. The van der Waals surface area contributed by atoms with Gasteiger partial charge in [0.1, 0.15) is 0 Å². The predicted molar refractivity (Wildman–Crippen MR) is 54.0 cm³/mol. The number of nitrogens with zero attached hydrogens (tertiary/aromatic N) is 2. The van der Waals surface area contributed by atoms with Gasteiger partial charge in [0.05, 0.1) is 0 Å². The van der Waals surface area contributed by atoms with E-state index in [1.54, 1.807) is 12.1 Å². The van der Waals surface area contributed by atoms with E-state index < -0.39 is 5.03 Å². The molecule has 4 nitrogen and oxygen atoms in total. The zero-order valence-electron chi connectivity index (χ0n) is 7.25. The fraction of sp³-hybridized carbons (Fsp3) is 0. The van der Waals surface area contributed by atoms with E-state index in [-0.39, 0.29) is 0 Å². The van der Waals surface area contributed by atoms with Crippen molar-refractivity contribution in [3.05, 3.63) is 58.0 Å². The highest BCUT2D eigenvalue weighted by atomic mass is 16.7. The highest BCUT2D eigenvalue weighted by Gasteiger charge is 1.94. The molecule has 2 aromatic carbocycles. The molecular weight excluding hydrogens is 180 g/mol. The molecule has 0 aromatic heterocycles. The zero-order valence-corrected chi connectivity index (χ0v) is 7.25. The molecule has 0 heterocycles. The molecule has 0 radical (unpaired) electrons. The smallest absolute Gasteiger partial charge is 0.00887 e. The first-order chi connectivity index (χ1) is 6.77. The van der Waals surface area contributed by atoms with Crippen LogP contribution in [0.4, 0.5) is 5.69 Å². The van der Waals surface area contributed by atoms with E-state index in [1.807, 2.05) is 30.3 Å². The van der Waals surface area contributed by atoms with Crippen molar-refractivity contribution in [1.82, 2.24) is 0 Å². The molecule has 70 valence electrons. The molecule has 4 heteroatoms. The molecule has 0 aliphatic rings. The molecule has 0 aliphatic heterocycles. The van der Waals surface area contributed by atoms with E-state index >= 15 is 0 Å². The number of hydrogen-bond donors (Lipinski definition) is 0. The third-order valence-electron chi connectivity index (χ3n) is 1.96. The van der Waals surface area contributed by atoms with Gasteiger partial charge < -0.3 is 5.43 Å². The molecule has 0 atom stereocenters. The van der Waals surface area contributed by atoms with Gasteiger partial charge in [0.15, 0.2) is 0 Å². The lowest BCUT2D eigenvalue weighted by atomic mass is 10.1. The average molecular weight is 187 g/mol. The van der Waals surface area contributed by atoms with E-state index in [2.05, 4.69) is 5.43 Å². The first kappa shape index (κ1) is 8.50. The number of nitro groups is 1. The van der Waals surface area contributed by atoms with Crippen LogP contribution in [0.25, 0.3) is 16.2 Å². The molecule has 0 fully saturated rings. The molecule has 0 N–H and O–H groups in total. The Morgan fingerprint density at radius 1 is 1.07 bits per heavy atom. The SMILES string of the molecule is O=[N+]([O-])[N-]c1cccc2ccccc12. The van der Waals surface area contributed by atoms with E-state index in [4.69, 9.17) is 0 Å². The van der Waals surface area contributed by atoms with E-state index in [9.17, 15) is 10.1 Å². The molecule has 0 aliphatic carbocycles. The van der Waals surface area contributed by atoms with Crippen molar-refractivity contribution in [2.75, 3.05) is 0 Å². The Labute approximate surface area is 80.3 Å². The van der Waals surface area contributed by atoms with Crippen LogP contribution in [-0.4, -0.2) is 5.03 Å². The summed E-state index contributed by atoms with van der Waals surface area (Å²) < 4.78 is 0. The van der Waals surface area contributed by atoms with Crippen LogP contribution in [0.5, 0.6) is 0 Å². The summed E-state index contributed by atoms with van der Waals surface area (Å²) in [5.41, 5.74) is 3.71. The summed E-state index contributed by atoms with van der Waals surface area (Å²) in [4.78, 5) is 10.3. The number of benzene rings is 2. The summed E-state index contributed by atoms with van der Waals surface area (Å²) >= 11 is 0. The van der Waals surface area contributed by atoms with Crippen LogP contribution in [0.2, 0.25) is 0 Å². The van der Waals surface area contributed by atoms with E-state index in [0.717, 1.165) is 10.8 Å². The van der Waals surface area contributed by atoms with E-state index in [0.29, 0.717) is 5.69 Å². The minimum Gasteiger partial charge on any atom is -0.348 e. The molecule has 2 rings (SSSR count). The van der Waals surface area contributed by atoms with Crippen molar-refractivity contribution in [3.8, 4) is 0 Å². The second-order valence-corrected chi connectivity index (χ2v) is 2.84. The lowest BCUT2D eigenvalue weighted by Crippen LogP contribution is -1.86. The van der Waals surface area contributed by atoms with Crippen LogP contribution in [-0.2, 0) is 0 Å². The van der Waals surface area contributed by atoms with Gasteiger partial charge in [-0.3, -0.25) is 10.1 Å². The van der Waals surface area contributed by atoms with Crippen molar-refractivity contribution < 1.29 is 5.03 Å². The van der Waals surface area contributed by atoms with Crippen LogP contribution in [0.15, 0.2) is 42.5 Å². The summed E-state index contributed by atoms with van der Waals surface area (Å²) in [6.45, 7) is 0. The summed E-state index contributed by atoms with van der Waals surface area (Å²) in [5, 5.41) is 11.3. The Morgan fingerprint density at radius 2 is 1.79 bits per heavy atom. The number of fused-ring (bicyclic) bond motifs is 1. The quantitative estimate of drug-likeness (QED) is 0.535. The Morgan fingerprint density at radius 3 is 2.57 bits per heavy atom. The van der Waals surface area contributed by atoms with Crippen molar-refractivity contribution in [2.45, 2.75) is 0 Å². The van der Waals surface area contributed by atoms with Crippen LogP contribution >= 0.6 is 0 Å². The normalized spacial score (nSPS) is 10.0.